The lowest BCUT2D eigenvalue weighted by Crippen LogP contribution is -2.16. The van der Waals surface area contributed by atoms with E-state index in [9.17, 15) is 4.79 Å². The van der Waals surface area contributed by atoms with Gasteiger partial charge in [0, 0.05) is 44.3 Å². The summed E-state index contributed by atoms with van der Waals surface area (Å²) in [6, 6.07) is 11.5. The van der Waals surface area contributed by atoms with Crippen LogP contribution in [-0.4, -0.2) is 20.7 Å². The summed E-state index contributed by atoms with van der Waals surface area (Å²) in [6.07, 6.45) is 8.54. The molecule has 2 aromatic heterocycles. The number of hydrogen-bond acceptors (Lipinski definition) is 4. The van der Waals surface area contributed by atoms with Crippen molar-refractivity contribution >= 4 is 22.3 Å². The fourth-order valence-corrected chi connectivity index (χ4v) is 3.86. The van der Waals surface area contributed by atoms with Crippen molar-refractivity contribution in [3.63, 3.8) is 0 Å². The monoisotopic (exact) mass is 419 g/mol. The number of imidazole rings is 1. The maximum Gasteiger partial charge on any atom is 0.191 e. The number of benzene rings is 2. The van der Waals surface area contributed by atoms with E-state index in [-0.39, 0.29) is 16.3 Å². The fourth-order valence-electron chi connectivity index (χ4n) is 3.86. The highest BCUT2D eigenvalue weighted by Crippen LogP contribution is 2.33. The predicted molar refractivity (Wildman–Crippen MR) is 123 cm³/mol. The molecule has 0 atom stereocenters. The normalized spacial score (nSPS) is 11.2. The van der Waals surface area contributed by atoms with Crippen LogP contribution in [-0.2, 0) is 19.5 Å². The Balaban J connectivity index is 1.64. The Labute approximate surface area is 180 Å². The number of nitrogens with two attached hydrogens (primary N) is 1. The molecule has 0 radical (unpaired) electrons. The molecule has 2 aromatic carbocycles. The number of hydrogen-bond donors (Lipinski definition) is 2. The van der Waals surface area contributed by atoms with Crippen molar-refractivity contribution in [2.45, 2.75) is 32.9 Å². The third-order valence-electron chi connectivity index (χ3n) is 5.59. The van der Waals surface area contributed by atoms with Crippen LogP contribution >= 0.6 is 0 Å². The Kier molecular flexibility index (Phi) is 6.02. The van der Waals surface area contributed by atoms with Crippen molar-refractivity contribution in [3.8, 4) is 0 Å². The predicted octanol–water partition coefficient (Wildman–Crippen LogP) is 3.97. The van der Waals surface area contributed by atoms with Crippen LogP contribution in [0.5, 0.6) is 0 Å². The summed E-state index contributed by atoms with van der Waals surface area (Å²) in [7, 11) is 0. The summed E-state index contributed by atoms with van der Waals surface area (Å²) >= 11 is 0. The van der Waals surface area contributed by atoms with Gasteiger partial charge in [-0.05, 0) is 30.9 Å². The lowest BCUT2D eigenvalue weighted by Gasteiger charge is -2.19. The molecule has 0 fully saturated rings. The molecule has 0 saturated heterocycles. The Morgan fingerprint density at radius 1 is 1.13 bits per heavy atom. The molecule has 0 aliphatic carbocycles. The highest BCUT2D eigenvalue weighted by Gasteiger charge is 2.19. The van der Waals surface area contributed by atoms with Crippen LogP contribution in [0.3, 0.4) is 0 Å². The van der Waals surface area contributed by atoms with E-state index >= 15 is 4.39 Å². The zero-order valence-electron chi connectivity index (χ0n) is 17.5. The first-order valence-electron chi connectivity index (χ1n) is 10.4. The minimum Gasteiger partial charge on any atom is -0.398 e. The maximum atomic E-state index is 15.7. The van der Waals surface area contributed by atoms with Gasteiger partial charge in [-0.3, -0.25) is 4.79 Å². The van der Waals surface area contributed by atoms with Gasteiger partial charge in [0.25, 0.3) is 0 Å². The molecule has 4 rings (SSSR count). The highest BCUT2D eigenvalue weighted by molar-refractivity contribution is 5.96. The summed E-state index contributed by atoms with van der Waals surface area (Å²) in [6.45, 7) is 3.64. The number of pyridine rings is 1. The van der Waals surface area contributed by atoms with Crippen LogP contribution in [0.2, 0.25) is 0 Å². The van der Waals surface area contributed by atoms with E-state index in [1.165, 1.54) is 6.07 Å². The first kappa shape index (κ1) is 20.7. The van der Waals surface area contributed by atoms with Crippen molar-refractivity contribution in [1.29, 1.82) is 0 Å². The summed E-state index contributed by atoms with van der Waals surface area (Å²) in [5.41, 5.74) is 8.69. The van der Waals surface area contributed by atoms with Crippen LogP contribution in [0.15, 0.2) is 66.1 Å². The topological polar surface area (TPSA) is 77.9 Å². The average molecular weight is 420 g/mol. The maximum absolute atomic E-state index is 15.7. The Morgan fingerprint density at radius 2 is 1.94 bits per heavy atom. The fraction of sp³-hybridized carbons (Fsp3) is 0.250. The zero-order chi connectivity index (χ0) is 21.8. The van der Waals surface area contributed by atoms with E-state index in [0.29, 0.717) is 30.0 Å². The number of anilines is 2. The van der Waals surface area contributed by atoms with E-state index < -0.39 is 5.82 Å². The van der Waals surface area contributed by atoms with Gasteiger partial charge in [-0.2, -0.15) is 0 Å². The number of halogens is 1. The molecule has 2 heterocycles. The number of aryl methyl sites for hydroxylation is 3. The second-order valence-corrected chi connectivity index (χ2v) is 7.64. The van der Waals surface area contributed by atoms with E-state index in [2.05, 4.69) is 10.3 Å². The molecule has 0 saturated carbocycles. The van der Waals surface area contributed by atoms with Gasteiger partial charge in [0.15, 0.2) is 11.2 Å². The molecule has 31 heavy (non-hydrogen) atoms. The van der Waals surface area contributed by atoms with Gasteiger partial charge in [-0.1, -0.05) is 30.3 Å². The molecule has 0 unspecified atom stereocenters. The van der Waals surface area contributed by atoms with Gasteiger partial charge < -0.3 is 20.2 Å². The lowest BCUT2D eigenvalue weighted by atomic mass is 10.0. The van der Waals surface area contributed by atoms with Crippen molar-refractivity contribution in [1.82, 2.24) is 14.1 Å². The second-order valence-electron chi connectivity index (χ2n) is 7.64. The number of nitrogens with one attached hydrogen (secondary N) is 1. The molecular formula is C24H26FN5O. The molecule has 0 spiro atoms. The molecule has 0 aliphatic heterocycles. The van der Waals surface area contributed by atoms with Gasteiger partial charge in [-0.25, -0.2) is 9.37 Å². The molecule has 0 bridgehead atoms. The molecule has 0 aliphatic rings. The molecule has 6 nitrogen and oxygen atoms in total. The molecule has 160 valence electrons. The summed E-state index contributed by atoms with van der Waals surface area (Å²) in [5, 5.41) is 3.44. The molecular weight excluding hydrogens is 393 g/mol. The standard InChI is InChI=1S/C24H26FN5O/c1-17-22(26)20-19(31)9-14-30(13-8-18-6-3-2-4-7-18)24(20)21(25)23(17)28-10-5-12-29-15-11-27-16-29/h2-4,6-7,9,11,14-16,28H,5,8,10,12-13,26H2,1H3. The number of fused-ring (bicyclic) bond motifs is 1. The van der Waals surface area contributed by atoms with Crippen LogP contribution in [0.1, 0.15) is 17.5 Å². The van der Waals surface area contributed by atoms with Crippen LogP contribution in [0, 0.1) is 12.7 Å². The summed E-state index contributed by atoms with van der Waals surface area (Å²) < 4.78 is 19.4. The SMILES string of the molecule is Cc1c(NCCCn2ccnc2)c(F)c2c(c1N)c(=O)ccn2CCc1ccccc1. The molecule has 0 amide bonds. The number of aromatic nitrogens is 3. The zero-order valence-corrected chi connectivity index (χ0v) is 17.5. The van der Waals surface area contributed by atoms with Gasteiger partial charge >= 0.3 is 0 Å². The van der Waals surface area contributed by atoms with E-state index in [1.54, 1.807) is 30.2 Å². The van der Waals surface area contributed by atoms with Gasteiger partial charge in [0.2, 0.25) is 0 Å². The van der Waals surface area contributed by atoms with Crippen molar-refractivity contribution in [2.75, 3.05) is 17.6 Å². The van der Waals surface area contributed by atoms with Crippen molar-refractivity contribution in [3.05, 3.63) is 88.5 Å². The van der Waals surface area contributed by atoms with Gasteiger partial charge in [-0.15, -0.1) is 0 Å². The lowest BCUT2D eigenvalue weighted by molar-refractivity contribution is 0.616. The smallest absolute Gasteiger partial charge is 0.191 e. The first-order valence-corrected chi connectivity index (χ1v) is 10.4. The number of nitrogens with zero attached hydrogens (tertiary/aromatic N) is 3. The number of rotatable bonds is 8. The van der Waals surface area contributed by atoms with Gasteiger partial charge in [0.1, 0.15) is 0 Å². The summed E-state index contributed by atoms with van der Waals surface area (Å²) in [4.78, 5) is 16.6. The van der Waals surface area contributed by atoms with Crippen LogP contribution in [0.4, 0.5) is 15.8 Å². The molecule has 7 heteroatoms. The Bertz CT molecular complexity index is 1230. The highest BCUT2D eigenvalue weighted by atomic mass is 19.1. The quantitative estimate of drug-likeness (QED) is 0.335. The number of nitrogen functional groups attached to an aromatic ring is 1. The van der Waals surface area contributed by atoms with E-state index in [0.717, 1.165) is 24.9 Å². The Morgan fingerprint density at radius 3 is 2.68 bits per heavy atom. The third kappa shape index (κ3) is 4.30. The molecule has 4 aromatic rings. The largest absolute Gasteiger partial charge is 0.398 e. The second kappa shape index (κ2) is 9.04. The van der Waals surface area contributed by atoms with E-state index in [1.807, 2.05) is 41.1 Å². The van der Waals surface area contributed by atoms with Crippen LogP contribution < -0.4 is 16.5 Å². The first-order chi connectivity index (χ1) is 15.1. The minimum atomic E-state index is -0.435. The average Bonchev–Trinajstić information content (AvgIpc) is 3.30. The van der Waals surface area contributed by atoms with Crippen LogP contribution in [0.25, 0.3) is 10.9 Å². The summed E-state index contributed by atoms with van der Waals surface area (Å²) in [5.74, 6) is -0.435. The van der Waals surface area contributed by atoms with Crippen molar-refractivity contribution < 1.29 is 4.39 Å². The van der Waals surface area contributed by atoms with Gasteiger partial charge in [0.05, 0.1) is 28.6 Å². The minimum absolute atomic E-state index is 0.245. The third-order valence-corrected chi connectivity index (χ3v) is 5.59. The van der Waals surface area contributed by atoms with E-state index in [4.69, 9.17) is 5.73 Å². The molecule has 3 N–H and O–H groups in total. The Hall–Kier alpha value is -3.61. The van der Waals surface area contributed by atoms with Crippen molar-refractivity contribution in [2.24, 2.45) is 0 Å².